The van der Waals surface area contributed by atoms with Crippen molar-refractivity contribution in [1.29, 1.82) is 0 Å². The van der Waals surface area contributed by atoms with E-state index in [1.165, 1.54) is 94.3 Å². The zero-order valence-electron chi connectivity index (χ0n) is 69.5. The van der Waals surface area contributed by atoms with E-state index in [0.717, 1.165) is 56.9 Å². The molecule has 0 unspecified atom stereocenters. The summed E-state index contributed by atoms with van der Waals surface area (Å²) in [7, 11) is 29.3. The van der Waals surface area contributed by atoms with E-state index in [1.54, 1.807) is 28.4 Å². The van der Waals surface area contributed by atoms with Crippen LogP contribution in [0.1, 0.15) is 74.9 Å². The van der Waals surface area contributed by atoms with Gasteiger partial charge in [-0.2, -0.15) is 23.4 Å². The zero-order chi connectivity index (χ0) is 80.8. The number of anilines is 6. The van der Waals surface area contributed by atoms with Crippen molar-refractivity contribution in [3.8, 4) is 33.6 Å². The van der Waals surface area contributed by atoms with Crippen LogP contribution >= 0.6 is 11.3 Å². The summed E-state index contributed by atoms with van der Waals surface area (Å²) in [6.45, 7) is 15.7. The second-order valence-electron chi connectivity index (χ2n) is 30.2. The van der Waals surface area contributed by atoms with Gasteiger partial charge in [-0.05, 0) is 194 Å². The van der Waals surface area contributed by atoms with Crippen LogP contribution in [0.15, 0.2) is 260 Å². The summed E-state index contributed by atoms with van der Waals surface area (Å²) in [4.78, 5) is 6.27. The van der Waals surface area contributed by atoms with Crippen molar-refractivity contribution in [2.24, 2.45) is 12.1 Å². The fraction of sp³-hybridized carbons (Fsp3) is 0.263. The van der Waals surface area contributed by atoms with Crippen molar-refractivity contribution < 1.29 is 42.7 Å². The summed E-state index contributed by atoms with van der Waals surface area (Å²) in [5, 5.41) is 20.7. The zero-order valence-corrected chi connectivity index (χ0v) is 70.3. The number of benzene rings is 10. The van der Waals surface area contributed by atoms with Crippen LogP contribution in [0.2, 0.25) is 0 Å². The number of aromatic nitrogens is 1. The number of rotatable bonds is 19. The Labute approximate surface area is 668 Å². The van der Waals surface area contributed by atoms with Crippen LogP contribution in [0.3, 0.4) is 0 Å². The van der Waals surface area contributed by atoms with Crippen molar-refractivity contribution in [3.05, 3.63) is 288 Å². The van der Waals surface area contributed by atoms with E-state index in [-0.39, 0.29) is 16.2 Å². The molecule has 0 radical (unpaired) electrons. The Morgan fingerprint density at radius 2 is 0.839 bits per heavy atom. The highest BCUT2D eigenvalue weighted by molar-refractivity contribution is 7.21. The third-order valence-electron chi connectivity index (χ3n) is 21.1. The molecule has 17 heteroatoms. The smallest absolute Gasteiger partial charge is 0.269 e. The normalized spacial score (nSPS) is 13.8. The maximum Gasteiger partial charge on any atom is 0.269 e. The lowest BCUT2D eigenvalue weighted by Crippen LogP contribution is -2.41. The van der Waals surface area contributed by atoms with Crippen LogP contribution in [-0.4, -0.2) is 142 Å². The van der Waals surface area contributed by atoms with Crippen molar-refractivity contribution in [1.82, 2.24) is 0 Å². The third-order valence-corrected chi connectivity index (χ3v) is 22.3. The number of ether oxygens (including phenoxy) is 4. The lowest BCUT2D eigenvalue weighted by atomic mass is 9.81. The highest BCUT2D eigenvalue weighted by Gasteiger charge is 2.45. The molecule has 0 amide bonds. The van der Waals surface area contributed by atoms with Crippen molar-refractivity contribution in [3.63, 3.8) is 0 Å². The molecule has 4 N–H and O–H groups in total. The topological polar surface area (TPSA) is 125 Å². The third kappa shape index (κ3) is 18.7. The first kappa shape index (κ1) is 82.4. The number of nitrogens with two attached hydrogens (primary N) is 1. The number of allylic oxidation sites excluding steroid dienone is 2. The predicted molar refractivity (Wildman–Crippen MR) is 473 cm³/mol. The van der Waals surface area contributed by atoms with Gasteiger partial charge >= 0.3 is 0 Å². The maximum absolute atomic E-state index is 6.26. The fourth-order valence-corrected chi connectivity index (χ4v) is 15.6. The van der Waals surface area contributed by atoms with Gasteiger partial charge in [-0.15, -0.1) is 0 Å². The molecule has 578 valence electrons. The van der Waals surface area contributed by atoms with Crippen LogP contribution in [-0.2, 0) is 23.3 Å². The number of nitrogens with one attached hydrogen (secondary N) is 2. The predicted octanol–water partition coefficient (Wildman–Crippen LogP) is 17.7. The van der Waals surface area contributed by atoms with Gasteiger partial charge in [0.2, 0.25) is 34.0 Å². The quantitative estimate of drug-likeness (QED) is 0.0409. The van der Waals surface area contributed by atoms with Gasteiger partial charge in [-0.1, -0.05) is 72.0 Å². The second-order valence-corrected chi connectivity index (χ2v) is 31.2. The van der Waals surface area contributed by atoms with Crippen molar-refractivity contribution in [2.45, 2.75) is 64.7 Å². The number of methoxy groups -OCH3 is 4. The Morgan fingerprint density at radius 1 is 0.438 bits per heavy atom. The molecule has 0 fully saturated rings. The number of hydrogen-bond acceptors (Lipinski definition) is 12. The summed E-state index contributed by atoms with van der Waals surface area (Å²) in [5.41, 5.74) is 24.8. The minimum atomic E-state index is -0.0599. The first-order chi connectivity index (χ1) is 53.5. The van der Waals surface area contributed by atoms with Crippen LogP contribution in [0.5, 0.6) is 23.0 Å². The maximum atomic E-state index is 6.26. The van der Waals surface area contributed by atoms with Crippen molar-refractivity contribution >= 4 is 102 Å². The molecule has 0 saturated carbocycles. The van der Waals surface area contributed by atoms with Gasteiger partial charge in [0.25, 0.3) is 5.01 Å². The van der Waals surface area contributed by atoms with Gasteiger partial charge in [0.05, 0.1) is 61.6 Å². The summed E-state index contributed by atoms with van der Waals surface area (Å²) in [6, 6.07) is 79.1. The summed E-state index contributed by atoms with van der Waals surface area (Å²) in [6.07, 6.45) is 10.2. The Kier molecular flexibility index (Phi) is 26.6. The van der Waals surface area contributed by atoms with Crippen LogP contribution < -0.4 is 59.3 Å². The number of thiazole rings is 1. The molecule has 16 nitrogen and oxygen atoms in total. The number of nitrogens with zero attached hydrogens (tertiary/aromatic N) is 9. The van der Waals surface area contributed by atoms with E-state index in [2.05, 4.69) is 315 Å². The summed E-state index contributed by atoms with van der Waals surface area (Å²) in [5.74, 6) is 3.22. The standard InChI is InChI=1S/C21H24N2O2.C20H24N3O.C20H22N2O.C17H21N3.C17H19N2S/c1-21(2)16-8-6-7-9-18(16)23(3)20(21)12-13-22-17-11-10-15(24-4)14-19(17)25-5;1-20(2)17-8-6-7-9-18(17)22(3)19(20)14-21-23(4)15-10-12-16(24-5)13-11-15;1-20(2)17-7-5-6-8-18(17)22(3)19(20)13-14-21-15-9-11-16(23-4)12-10-15;1-19(2)15-9-5-13(6-10-15)17(18)14-7-11-16(12-8-14)20(3)4;1-12-5-10-15-16(11-12)20-17(19(15)4)13-6-8-14(9-7-13)18(2)3/h6-14H,1-5H3;6-14H,1-5H3;5-14H,1-4H3;5-12,18H,1-4H3;5-11H,1-4H3/q;+1;;;+1/p+3. The van der Waals surface area contributed by atoms with Gasteiger partial charge in [0.15, 0.2) is 11.4 Å². The largest absolute Gasteiger partial charge is 0.497 e. The van der Waals surface area contributed by atoms with Gasteiger partial charge in [-0.3, -0.25) is 10.4 Å². The number of hydrogen-bond donors (Lipinski definition) is 3. The van der Waals surface area contributed by atoms with E-state index >= 15 is 0 Å². The number of aryl methyl sites for hydroxylation is 2. The minimum Gasteiger partial charge on any atom is -0.497 e. The monoisotopic (exact) mass is 1520 g/mol. The van der Waals surface area contributed by atoms with Crippen LogP contribution in [0.25, 0.3) is 20.8 Å². The van der Waals surface area contributed by atoms with E-state index in [4.69, 9.17) is 24.4 Å². The highest BCUT2D eigenvalue weighted by atomic mass is 32.1. The molecule has 1 aromatic heterocycles. The lowest BCUT2D eigenvalue weighted by molar-refractivity contribution is -0.629. The molecule has 0 spiro atoms. The van der Waals surface area contributed by atoms with Gasteiger partial charge in [-0.25, -0.2) is 0 Å². The van der Waals surface area contributed by atoms with Crippen molar-refractivity contribution in [2.75, 3.05) is 129 Å². The SMILES string of the molecule is CN(C)c1ccc(C(=[NH2+])c2ccc(N(C)C)cc2)cc1.COc1ccc(N(C)/N=C/C2=[N+](C)c3ccccc3C2(C)C)cc1.COc1ccc(N/C=C/C2=[N+](C)c3ccccc3C2(C)C)c(OC)c1.COc1ccc(N/C=C/C2=[N+](C)c3ccccc3C2(C)C)cc1.Cc1ccc2c(c1)sc(-c1ccc(N(C)C)cc1)[n+]2C. The summed E-state index contributed by atoms with van der Waals surface area (Å²) >= 11 is 1.85. The molecule has 0 aliphatic carbocycles. The number of para-hydroxylation sites is 3. The molecule has 0 atom stereocenters. The molecule has 112 heavy (non-hydrogen) atoms. The molecule has 3 aliphatic heterocycles. The average molecular weight is 1520 g/mol. The molecule has 3 aliphatic rings. The van der Waals surface area contributed by atoms with Gasteiger partial charge in [0.1, 0.15) is 62.1 Å². The Hall–Kier alpha value is -12.1. The van der Waals surface area contributed by atoms with E-state index in [9.17, 15) is 0 Å². The highest BCUT2D eigenvalue weighted by Crippen LogP contribution is 2.42. The molecule has 11 aromatic rings. The second kappa shape index (κ2) is 36.2. The van der Waals surface area contributed by atoms with E-state index in [1.807, 2.05) is 137 Å². The first-order valence-corrected chi connectivity index (χ1v) is 38.4. The minimum absolute atomic E-state index is 0.00340. The average Bonchev–Trinajstić information content (AvgIpc) is 1.61. The molecule has 0 saturated heterocycles. The molecule has 0 bridgehead atoms. The molecule has 4 heterocycles. The molecular weight excluding hydrogens is 1410 g/mol. The fourth-order valence-electron chi connectivity index (χ4n) is 14.3. The lowest BCUT2D eigenvalue weighted by Gasteiger charge is -2.16. The Bertz CT molecular complexity index is 5240. The van der Waals surface area contributed by atoms with Crippen LogP contribution in [0, 0.1) is 6.92 Å². The molecule has 10 aromatic carbocycles. The van der Waals surface area contributed by atoms with Gasteiger partial charge in [0, 0.05) is 155 Å². The first-order valence-electron chi connectivity index (χ1n) is 37.6. The Balaban J connectivity index is 0.000000149. The van der Waals surface area contributed by atoms with Crippen LogP contribution in [0.4, 0.5) is 51.2 Å². The molecular formula is C95H113N12O4S+5. The Morgan fingerprint density at radius 3 is 1.28 bits per heavy atom. The van der Waals surface area contributed by atoms with E-state index < -0.39 is 0 Å². The number of hydrazone groups is 1. The van der Waals surface area contributed by atoms with E-state index in [0.29, 0.717) is 0 Å². The van der Waals surface area contributed by atoms with Gasteiger partial charge < -0.3 is 44.3 Å². The summed E-state index contributed by atoms with van der Waals surface area (Å²) < 4.78 is 31.4. The molecule has 14 rings (SSSR count). The number of fused-ring (bicyclic) bond motifs is 4.